The van der Waals surface area contributed by atoms with E-state index in [2.05, 4.69) is 0 Å². The van der Waals surface area contributed by atoms with E-state index in [0.29, 0.717) is 0 Å². The molecule has 2 rings (SSSR count). The molecule has 0 bridgehead atoms. The van der Waals surface area contributed by atoms with Crippen molar-refractivity contribution >= 4 is 37.2 Å². The topological polar surface area (TPSA) is 145 Å². The normalized spacial score (nSPS) is 26.8. The summed E-state index contributed by atoms with van der Waals surface area (Å²) in [5.74, 6) is -2.70. The molecular formula is C12H17N2O8PS. The molecule has 0 aromatic carbocycles. The Morgan fingerprint density at radius 1 is 1.46 bits per heavy atom. The number of aliphatic carboxylic acids is 1. The molecular weight excluding hydrogens is 363 g/mol. The number of esters is 1. The number of β-lactam (4-membered cyclic amide) rings is 1. The minimum Gasteiger partial charge on any atom is -0.477 e. The monoisotopic (exact) mass is 380 g/mol. The van der Waals surface area contributed by atoms with E-state index in [1.165, 1.54) is 6.92 Å². The van der Waals surface area contributed by atoms with Crippen molar-refractivity contribution in [2.45, 2.75) is 17.6 Å². The second-order valence-corrected chi connectivity index (χ2v) is 8.60. The van der Waals surface area contributed by atoms with E-state index >= 15 is 0 Å². The van der Waals surface area contributed by atoms with Gasteiger partial charge >= 0.3 is 19.5 Å². The Kier molecular flexibility index (Phi) is 5.12. The van der Waals surface area contributed by atoms with Gasteiger partial charge in [0.05, 0.1) is 0 Å². The summed E-state index contributed by atoms with van der Waals surface area (Å²) in [7, 11) is -1.79. The summed E-state index contributed by atoms with van der Waals surface area (Å²) in [6, 6.07) is 0. The van der Waals surface area contributed by atoms with E-state index < -0.39 is 36.1 Å². The van der Waals surface area contributed by atoms with Crippen molar-refractivity contribution < 1.29 is 37.8 Å². The summed E-state index contributed by atoms with van der Waals surface area (Å²) in [5.41, 5.74) is 5.92. The van der Waals surface area contributed by atoms with E-state index in [0.717, 1.165) is 30.9 Å². The Morgan fingerprint density at radius 2 is 2.04 bits per heavy atom. The highest BCUT2D eigenvalue weighted by molar-refractivity contribution is 8.00. The third kappa shape index (κ3) is 2.56. The predicted molar refractivity (Wildman–Crippen MR) is 82.9 cm³/mol. The number of ether oxygens (including phenoxy) is 1. The molecule has 2 aliphatic heterocycles. The van der Waals surface area contributed by atoms with Gasteiger partial charge in [0, 0.05) is 32.5 Å². The average Bonchev–Trinajstić information content (AvgIpc) is 2.56. The lowest BCUT2D eigenvalue weighted by atomic mass is 10.0. The lowest BCUT2D eigenvalue weighted by molar-refractivity contribution is -0.151. The fraction of sp³-hybridized carbons (Fsp3) is 0.583. The van der Waals surface area contributed by atoms with E-state index in [4.69, 9.17) is 19.5 Å². The summed E-state index contributed by atoms with van der Waals surface area (Å²) in [5, 5.41) is 6.52. The summed E-state index contributed by atoms with van der Waals surface area (Å²) >= 11 is 1.10. The van der Waals surface area contributed by atoms with Gasteiger partial charge in [-0.15, -0.1) is 11.8 Å². The lowest BCUT2D eigenvalue weighted by Gasteiger charge is -2.55. The van der Waals surface area contributed by atoms with Crippen LogP contribution in [0.4, 0.5) is 0 Å². The standard InChI is InChI=1S/C12H17N2O8PS/c1-6(15)22-4-7-5-24-11-12(13,23(19,20-2)21-3)10(18)14(11)8(7)9(16)17/h11H,4-5,13H2,1-3H3,(H,16,17)/t11-,12?/m1/s1. The van der Waals surface area contributed by atoms with Gasteiger partial charge in [-0.2, -0.15) is 0 Å². The van der Waals surface area contributed by atoms with Crippen molar-refractivity contribution in [2.75, 3.05) is 26.6 Å². The number of carbonyl (C=O) groups excluding carboxylic acids is 2. The van der Waals surface area contributed by atoms with Gasteiger partial charge in [0.2, 0.25) is 5.28 Å². The highest BCUT2D eigenvalue weighted by Crippen LogP contribution is 2.66. The van der Waals surface area contributed by atoms with E-state index in [-0.39, 0.29) is 23.6 Å². The van der Waals surface area contributed by atoms with Crippen LogP contribution in [0.3, 0.4) is 0 Å². The average molecular weight is 380 g/mol. The van der Waals surface area contributed by atoms with Crippen molar-refractivity contribution in [1.82, 2.24) is 4.90 Å². The zero-order chi connectivity index (χ0) is 18.3. The molecule has 24 heavy (non-hydrogen) atoms. The van der Waals surface area contributed by atoms with Gasteiger partial charge in [-0.05, 0) is 0 Å². The molecule has 1 amide bonds. The molecule has 0 spiro atoms. The number of fused-ring (bicyclic) bond motifs is 1. The molecule has 134 valence electrons. The first kappa shape index (κ1) is 18.9. The molecule has 2 aliphatic rings. The zero-order valence-electron chi connectivity index (χ0n) is 13.2. The van der Waals surface area contributed by atoms with Crippen LogP contribution in [0.25, 0.3) is 0 Å². The fourth-order valence-electron chi connectivity index (χ4n) is 2.56. The van der Waals surface area contributed by atoms with Crippen LogP contribution in [-0.4, -0.2) is 65.1 Å². The Balaban J connectivity index is 2.41. The highest BCUT2D eigenvalue weighted by atomic mass is 32.2. The second-order valence-electron chi connectivity index (χ2n) is 5.06. The first-order valence-corrected chi connectivity index (χ1v) is 9.27. The Hall–Kier alpha value is -1.39. The van der Waals surface area contributed by atoms with Crippen LogP contribution in [-0.2, 0) is 32.7 Å². The molecule has 1 saturated heterocycles. The number of hydrogen-bond acceptors (Lipinski definition) is 9. The highest BCUT2D eigenvalue weighted by Gasteiger charge is 2.72. The van der Waals surface area contributed by atoms with Crippen LogP contribution in [0.2, 0.25) is 0 Å². The molecule has 1 unspecified atom stereocenters. The predicted octanol–water partition coefficient (Wildman–Crippen LogP) is -0.0558. The smallest absolute Gasteiger partial charge is 0.362 e. The van der Waals surface area contributed by atoms with Crippen molar-refractivity contribution in [3.63, 3.8) is 0 Å². The first-order chi connectivity index (χ1) is 11.1. The van der Waals surface area contributed by atoms with Gasteiger partial charge in [0.15, 0.2) is 0 Å². The summed E-state index contributed by atoms with van der Waals surface area (Å²) in [6.45, 7) is 0.928. The van der Waals surface area contributed by atoms with Gasteiger partial charge in [0.1, 0.15) is 17.7 Å². The maximum Gasteiger partial charge on any atom is 0.362 e. The fourth-order valence-corrected chi connectivity index (χ4v) is 5.93. The third-order valence-electron chi connectivity index (χ3n) is 3.75. The molecule has 3 N–H and O–H groups in total. The SMILES string of the molecule is COP(=O)(OC)C1(N)C(=O)N2C(C(=O)O)=C(COC(C)=O)CS[C@@H]21. The maximum absolute atomic E-state index is 12.6. The van der Waals surface area contributed by atoms with Crippen molar-refractivity contribution in [1.29, 1.82) is 0 Å². The van der Waals surface area contributed by atoms with Gasteiger partial charge < -0.3 is 24.6 Å². The summed E-state index contributed by atoms with van der Waals surface area (Å²) in [6.07, 6.45) is 0. The van der Waals surface area contributed by atoms with Crippen LogP contribution in [0.15, 0.2) is 11.3 Å². The maximum atomic E-state index is 12.6. The van der Waals surface area contributed by atoms with E-state index in [9.17, 15) is 24.1 Å². The van der Waals surface area contributed by atoms with Crippen LogP contribution in [0.5, 0.6) is 0 Å². The number of amides is 1. The van der Waals surface area contributed by atoms with Crippen LogP contribution in [0.1, 0.15) is 6.92 Å². The molecule has 0 radical (unpaired) electrons. The van der Waals surface area contributed by atoms with E-state index in [1.807, 2.05) is 0 Å². The number of thioether (sulfide) groups is 1. The molecule has 0 saturated carbocycles. The van der Waals surface area contributed by atoms with Crippen molar-refractivity contribution in [3.05, 3.63) is 11.3 Å². The number of nitrogens with two attached hydrogens (primary N) is 1. The van der Waals surface area contributed by atoms with Gasteiger partial charge in [-0.1, -0.05) is 0 Å². The number of nitrogens with zero attached hydrogens (tertiary/aromatic N) is 1. The molecule has 0 aromatic heterocycles. The molecule has 0 aliphatic carbocycles. The Labute approximate surface area is 141 Å². The minimum atomic E-state index is -3.99. The first-order valence-electron chi connectivity index (χ1n) is 6.68. The van der Waals surface area contributed by atoms with Crippen LogP contribution >= 0.6 is 19.4 Å². The molecule has 2 heterocycles. The zero-order valence-corrected chi connectivity index (χ0v) is 14.9. The minimum absolute atomic E-state index is 0.135. The summed E-state index contributed by atoms with van der Waals surface area (Å²) in [4.78, 5) is 36.0. The molecule has 2 atom stereocenters. The Bertz CT molecular complexity index is 672. The van der Waals surface area contributed by atoms with Crippen molar-refractivity contribution in [2.24, 2.45) is 5.73 Å². The molecule has 0 aromatic rings. The number of carboxylic acids is 1. The van der Waals surface area contributed by atoms with Crippen molar-refractivity contribution in [3.8, 4) is 0 Å². The van der Waals surface area contributed by atoms with Gasteiger partial charge in [0.25, 0.3) is 5.91 Å². The third-order valence-corrected chi connectivity index (χ3v) is 7.64. The van der Waals surface area contributed by atoms with E-state index in [1.54, 1.807) is 0 Å². The number of carboxylic acid groups (broad SMARTS) is 1. The van der Waals surface area contributed by atoms with Gasteiger partial charge in [-0.3, -0.25) is 19.1 Å². The van der Waals surface area contributed by atoms with Gasteiger partial charge in [-0.25, -0.2) is 4.79 Å². The molecule has 12 heteroatoms. The summed E-state index contributed by atoms with van der Waals surface area (Å²) < 4.78 is 27.1. The quantitative estimate of drug-likeness (QED) is 0.365. The van der Waals surface area contributed by atoms with Crippen LogP contribution in [0, 0.1) is 0 Å². The second kappa shape index (κ2) is 6.49. The largest absolute Gasteiger partial charge is 0.477 e. The number of carbonyl (C=O) groups is 3. The number of hydrogen-bond donors (Lipinski definition) is 2. The lowest BCUT2D eigenvalue weighted by Crippen LogP contribution is -2.77. The van der Waals surface area contributed by atoms with Crippen LogP contribution < -0.4 is 5.73 Å². The Morgan fingerprint density at radius 3 is 2.50 bits per heavy atom. The molecule has 10 nitrogen and oxygen atoms in total. The molecule has 1 fully saturated rings. The number of rotatable bonds is 6.